The molecule has 0 amide bonds. The summed E-state index contributed by atoms with van der Waals surface area (Å²) < 4.78 is 60.8. The highest BCUT2D eigenvalue weighted by Gasteiger charge is 2.28. The molecular weight excluding hydrogens is 323 g/mol. The molecule has 2 atom stereocenters. The van der Waals surface area contributed by atoms with E-state index >= 15 is 0 Å². The number of hydrogen-bond donors (Lipinski definition) is 1. The predicted molar refractivity (Wildman–Crippen MR) is 64.6 cm³/mol. The second kappa shape index (κ2) is 6.94. The molecule has 0 aliphatic heterocycles. The molecule has 0 radical (unpaired) electrons. The molecular formula is C9H17BrF3NO2S. The topological polar surface area (TPSA) is 46.2 Å². The standard InChI is InChI=1S/C9H17BrF3NO2S/c1-7(6-10)8(2)14-17(15,16)5-3-4-9(11,12)13/h7-8,14H,3-6H2,1-2H3. The van der Waals surface area contributed by atoms with Crippen LogP contribution in [0.5, 0.6) is 0 Å². The number of rotatable bonds is 7. The molecule has 0 saturated heterocycles. The van der Waals surface area contributed by atoms with Crippen LogP contribution in [0.1, 0.15) is 26.7 Å². The first-order valence-corrected chi connectivity index (χ1v) is 7.97. The van der Waals surface area contributed by atoms with E-state index in [2.05, 4.69) is 20.7 Å². The van der Waals surface area contributed by atoms with Crippen molar-refractivity contribution in [1.29, 1.82) is 0 Å². The highest BCUT2D eigenvalue weighted by molar-refractivity contribution is 9.09. The van der Waals surface area contributed by atoms with Gasteiger partial charge in [-0.2, -0.15) is 13.2 Å². The van der Waals surface area contributed by atoms with Crippen LogP contribution in [0.4, 0.5) is 13.2 Å². The van der Waals surface area contributed by atoms with Gasteiger partial charge in [-0.15, -0.1) is 0 Å². The molecule has 0 bridgehead atoms. The molecule has 2 unspecified atom stereocenters. The molecule has 0 rings (SSSR count). The third kappa shape index (κ3) is 8.84. The molecule has 8 heteroatoms. The lowest BCUT2D eigenvalue weighted by molar-refractivity contribution is -0.134. The minimum absolute atomic E-state index is 0.0763. The molecule has 1 N–H and O–H groups in total. The van der Waals surface area contributed by atoms with Crippen molar-refractivity contribution in [3.63, 3.8) is 0 Å². The Morgan fingerprint density at radius 3 is 2.24 bits per heavy atom. The van der Waals surface area contributed by atoms with E-state index in [1.54, 1.807) is 6.92 Å². The first kappa shape index (κ1) is 17.2. The van der Waals surface area contributed by atoms with Crippen molar-refractivity contribution in [2.45, 2.75) is 38.9 Å². The Balaban J connectivity index is 4.13. The lowest BCUT2D eigenvalue weighted by Gasteiger charge is -2.19. The molecule has 0 saturated carbocycles. The van der Waals surface area contributed by atoms with Crippen LogP contribution in [0.15, 0.2) is 0 Å². The second-order valence-corrected chi connectivity index (χ2v) is 6.60. The largest absolute Gasteiger partial charge is 0.389 e. The molecule has 17 heavy (non-hydrogen) atoms. The average molecular weight is 340 g/mol. The number of hydrogen-bond acceptors (Lipinski definition) is 2. The van der Waals surface area contributed by atoms with Gasteiger partial charge in [0.15, 0.2) is 0 Å². The summed E-state index contributed by atoms with van der Waals surface area (Å²) in [5.74, 6) is -0.418. The number of sulfonamides is 1. The van der Waals surface area contributed by atoms with E-state index in [-0.39, 0.29) is 12.0 Å². The van der Waals surface area contributed by atoms with Gasteiger partial charge in [0.25, 0.3) is 0 Å². The summed E-state index contributed by atoms with van der Waals surface area (Å²) in [5, 5.41) is 0.624. The molecule has 0 heterocycles. The number of nitrogens with one attached hydrogen (secondary N) is 1. The van der Waals surface area contributed by atoms with E-state index < -0.39 is 34.8 Å². The molecule has 0 aromatic heterocycles. The van der Waals surface area contributed by atoms with E-state index in [4.69, 9.17) is 0 Å². The van der Waals surface area contributed by atoms with Crippen LogP contribution in [0.2, 0.25) is 0 Å². The number of halogens is 4. The zero-order valence-electron chi connectivity index (χ0n) is 9.72. The highest BCUT2D eigenvalue weighted by atomic mass is 79.9. The van der Waals surface area contributed by atoms with Crippen molar-refractivity contribution in [3.05, 3.63) is 0 Å². The zero-order valence-corrected chi connectivity index (χ0v) is 12.1. The monoisotopic (exact) mass is 339 g/mol. The lowest BCUT2D eigenvalue weighted by atomic mass is 10.1. The Kier molecular flexibility index (Phi) is 7.01. The summed E-state index contributed by atoms with van der Waals surface area (Å²) in [4.78, 5) is 0. The number of alkyl halides is 4. The van der Waals surface area contributed by atoms with Crippen molar-refractivity contribution < 1.29 is 21.6 Å². The Hall–Kier alpha value is 0.180. The van der Waals surface area contributed by atoms with Crippen molar-refractivity contribution in [2.24, 2.45) is 5.92 Å². The van der Waals surface area contributed by atoms with E-state index in [1.807, 2.05) is 6.92 Å². The molecule has 104 valence electrons. The van der Waals surface area contributed by atoms with Crippen molar-refractivity contribution in [3.8, 4) is 0 Å². The van der Waals surface area contributed by atoms with Gasteiger partial charge in [0, 0.05) is 17.8 Å². The molecule has 0 fully saturated rings. The second-order valence-electron chi connectivity index (χ2n) is 4.08. The summed E-state index contributed by atoms with van der Waals surface area (Å²) in [6.45, 7) is 3.53. The van der Waals surface area contributed by atoms with Crippen LogP contribution < -0.4 is 4.72 Å². The molecule has 0 aliphatic rings. The van der Waals surface area contributed by atoms with Crippen LogP contribution >= 0.6 is 15.9 Å². The normalized spacial score (nSPS) is 16.8. The van der Waals surface area contributed by atoms with Gasteiger partial charge in [-0.25, -0.2) is 13.1 Å². The molecule has 0 aromatic rings. The van der Waals surface area contributed by atoms with E-state index in [0.717, 1.165) is 0 Å². The van der Waals surface area contributed by atoms with E-state index in [1.165, 1.54) is 0 Å². The van der Waals surface area contributed by atoms with Crippen molar-refractivity contribution in [2.75, 3.05) is 11.1 Å². The minimum Gasteiger partial charge on any atom is -0.212 e. The first-order chi connectivity index (χ1) is 7.57. The summed E-state index contributed by atoms with van der Waals surface area (Å²) in [6, 6.07) is -0.301. The van der Waals surface area contributed by atoms with E-state index in [0.29, 0.717) is 5.33 Å². The highest BCUT2D eigenvalue weighted by Crippen LogP contribution is 2.21. The maximum absolute atomic E-state index is 11.9. The van der Waals surface area contributed by atoms with Gasteiger partial charge in [0.05, 0.1) is 5.75 Å². The van der Waals surface area contributed by atoms with Gasteiger partial charge in [0.1, 0.15) is 0 Å². The van der Waals surface area contributed by atoms with Gasteiger partial charge in [0.2, 0.25) is 10.0 Å². The third-order valence-electron chi connectivity index (χ3n) is 2.34. The predicted octanol–water partition coefficient (Wildman–Crippen LogP) is 2.67. The first-order valence-electron chi connectivity index (χ1n) is 5.20. The lowest BCUT2D eigenvalue weighted by Crippen LogP contribution is -2.39. The van der Waals surface area contributed by atoms with Crippen LogP contribution in [0.25, 0.3) is 0 Å². The van der Waals surface area contributed by atoms with Gasteiger partial charge in [-0.3, -0.25) is 0 Å². The summed E-state index contributed by atoms with van der Waals surface area (Å²) in [7, 11) is -3.63. The van der Waals surface area contributed by atoms with Crippen LogP contribution in [-0.2, 0) is 10.0 Å². The molecule has 0 aromatic carbocycles. The minimum atomic E-state index is -4.30. The Morgan fingerprint density at radius 1 is 1.29 bits per heavy atom. The van der Waals surface area contributed by atoms with Crippen LogP contribution in [0, 0.1) is 5.92 Å². The fourth-order valence-corrected chi connectivity index (χ4v) is 3.06. The maximum Gasteiger partial charge on any atom is 0.389 e. The molecule has 0 spiro atoms. The van der Waals surface area contributed by atoms with Crippen molar-refractivity contribution in [1.82, 2.24) is 4.72 Å². The Labute approximate surface area is 108 Å². The Bertz CT molecular complexity index is 319. The maximum atomic E-state index is 11.9. The van der Waals surface area contributed by atoms with Crippen molar-refractivity contribution >= 4 is 26.0 Å². The summed E-state index contributed by atoms with van der Waals surface area (Å²) >= 11 is 3.22. The van der Waals surface area contributed by atoms with Gasteiger partial charge < -0.3 is 0 Å². The summed E-state index contributed by atoms with van der Waals surface area (Å²) in [5.41, 5.74) is 0. The fourth-order valence-electron chi connectivity index (χ4n) is 1.05. The third-order valence-corrected chi connectivity index (χ3v) is 4.91. The van der Waals surface area contributed by atoms with Gasteiger partial charge in [-0.1, -0.05) is 22.9 Å². The molecule has 3 nitrogen and oxygen atoms in total. The Morgan fingerprint density at radius 2 is 1.82 bits per heavy atom. The SMILES string of the molecule is CC(CBr)C(C)NS(=O)(=O)CCCC(F)(F)F. The quantitative estimate of drug-likeness (QED) is 0.725. The average Bonchev–Trinajstić information content (AvgIpc) is 2.13. The summed E-state index contributed by atoms with van der Waals surface area (Å²) in [6.07, 6.45) is -5.78. The van der Waals surface area contributed by atoms with E-state index in [9.17, 15) is 21.6 Å². The van der Waals surface area contributed by atoms with Gasteiger partial charge >= 0.3 is 6.18 Å². The van der Waals surface area contributed by atoms with Crippen LogP contribution in [-0.4, -0.2) is 31.7 Å². The van der Waals surface area contributed by atoms with Gasteiger partial charge in [-0.05, 0) is 19.3 Å². The smallest absolute Gasteiger partial charge is 0.212 e. The fraction of sp³-hybridized carbons (Fsp3) is 1.00. The van der Waals surface area contributed by atoms with Crippen LogP contribution in [0.3, 0.4) is 0 Å². The molecule has 0 aliphatic carbocycles. The zero-order chi connectivity index (χ0) is 13.7.